The van der Waals surface area contributed by atoms with Gasteiger partial charge in [-0.15, -0.1) is 0 Å². The number of ether oxygens (including phenoxy) is 1. The number of pyridine rings is 1. The maximum absolute atomic E-state index is 12.8. The van der Waals surface area contributed by atoms with E-state index in [-0.39, 0.29) is 18.7 Å². The topological polar surface area (TPSA) is 77.2 Å². The average Bonchev–Trinajstić information content (AvgIpc) is 3.23. The van der Waals surface area contributed by atoms with Gasteiger partial charge in [0.1, 0.15) is 12.5 Å². The number of nitrogens with zero attached hydrogens (tertiary/aromatic N) is 3. The Hall–Kier alpha value is -3.20. The molecule has 0 saturated carbocycles. The monoisotopic (exact) mass is 405 g/mol. The highest BCUT2D eigenvalue weighted by Crippen LogP contribution is 2.30. The van der Waals surface area contributed by atoms with Crippen molar-refractivity contribution in [2.75, 3.05) is 0 Å². The van der Waals surface area contributed by atoms with Gasteiger partial charge >= 0.3 is 12.1 Å². The van der Waals surface area contributed by atoms with Crippen molar-refractivity contribution in [2.45, 2.75) is 25.4 Å². The molecule has 2 atom stereocenters. The lowest BCUT2D eigenvalue weighted by molar-refractivity contribution is -0.155. The molecule has 1 N–H and O–H groups in total. The number of aliphatic hydroxyl groups excluding tert-OH is 1. The number of carbonyl (C=O) groups is 1. The number of benzene rings is 1. The first kappa shape index (κ1) is 20.5. The molecule has 0 aliphatic carbocycles. The summed E-state index contributed by atoms with van der Waals surface area (Å²) < 4.78 is 45.4. The molecule has 2 unspecified atom stereocenters. The zero-order valence-electron chi connectivity index (χ0n) is 15.2. The number of rotatable bonds is 7. The molecular formula is C20H18F3N3O3. The minimum Gasteiger partial charge on any atom is -0.460 e. The van der Waals surface area contributed by atoms with Crippen LogP contribution in [0.15, 0.2) is 67.5 Å². The van der Waals surface area contributed by atoms with Crippen LogP contribution >= 0.6 is 0 Å². The lowest BCUT2D eigenvalue weighted by Gasteiger charge is -2.22. The van der Waals surface area contributed by atoms with Gasteiger partial charge in [0, 0.05) is 31.3 Å². The highest BCUT2D eigenvalue weighted by molar-refractivity contribution is 5.73. The molecule has 0 fully saturated rings. The van der Waals surface area contributed by atoms with Crippen molar-refractivity contribution in [1.82, 2.24) is 14.5 Å². The van der Waals surface area contributed by atoms with Gasteiger partial charge in [-0.25, -0.2) is 4.98 Å². The second kappa shape index (κ2) is 8.87. The normalized spacial score (nSPS) is 13.7. The van der Waals surface area contributed by atoms with Gasteiger partial charge in [0.25, 0.3) is 0 Å². The number of carbonyl (C=O) groups excluding carboxylic acids is 1. The maximum Gasteiger partial charge on any atom is 0.416 e. The highest BCUT2D eigenvalue weighted by Gasteiger charge is 2.32. The van der Waals surface area contributed by atoms with E-state index in [4.69, 9.17) is 4.74 Å². The zero-order valence-corrected chi connectivity index (χ0v) is 15.2. The van der Waals surface area contributed by atoms with Crippen molar-refractivity contribution >= 4 is 5.97 Å². The average molecular weight is 405 g/mol. The first-order chi connectivity index (χ1) is 13.8. The van der Waals surface area contributed by atoms with Gasteiger partial charge in [-0.2, -0.15) is 13.2 Å². The highest BCUT2D eigenvalue weighted by atomic mass is 19.4. The lowest BCUT2D eigenvalue weighted by Crippen LogP contribution is -2.28. The van der Waals surface area contributed by atoms with E-state index < -0.39 is 29.7 Å². The van der Waals surface area contributed by atoms with Crippen LogP contribution in [0.4, 0.5) is 13.2 Å². The lowest BCUT2D eigenvalue weighted by atomic mass is 9.96. The molecule has 6 nitrogen and oxygen atoms in total. The summed E-state index contributed by atoms with van der Waals surface area (Å²) in [4.78, 5) is 20.5. The number of alkyl halides is 3. The summed E-state index contributed by atoms with van der Waals surface area (Å²) in [5, 5.41) is 10.7. The van der Waals surface area contributed by atoms with Gasteiger partial charge in [-0.3, -0.25) is 9.78 Å². The minimum absolute atomic E-state index is 0.0808. The molecule has 29 heavy (non-hydrogen) atoms. The minimum atomic E-state index is -4.49. The van der Waals surface area contributed by atoms with Gasteiger partial charge < -0.3 is 14.4 Å². The van der Waals surface area contributed by atoms with E-state index in [0.717, 1.165) is 12.1 Å². The molecular weight excluding hydrogens is 387 g/mol. The van der Waals surface area contributed by atoms with Gasteiger partial charge in [-0.1, -0.05) is 18.2 Å². The molecule has 1 aromatic carbocycles. The number of esters is 1. The summed E-state index contributed by atoms with van der Waals surface area (Å²) in [5.74, 6) is -1.74. The summed E-state index contributed by atoms with van der Waals surface area (Å²) in [6.07, 6.45) is 1.92. The van der Waals surface area contributed by atoms with Gasteiger partial charge in [0.05, 0.1) is 18.0 Å². The van der Waals surface area contributed by atoms with Crippen LogP contribution in [0.1, 0.15) is 22.8 Å². The molecule has 0 bridgehead atoms. The second-order valence-electron chi connectivity index (χ2n) is 6.40. The van der Waals surface area contributed by atoms with Crippen LogP contribution < -0.4 is 0 Å². The molecule has 0 radical (unpaired) electrons. The van der Waals surface area contributed by atoms with Gasteiger partial charge in [0.15, 0.2) is 0 Å². The van der Waals surface area contributed by atoms with Crippen LogP contribution in [-0.2, 0) is 28.9 Å². The third kappa shape index (κ3) is 5.41. The van der Waals surface area contributed by atoms with E-state index in [1.54, 1.807) is 22.9 Å². The second-order valence-corrected chi connectivity index (χ2v) is 6.40. The molecule has 2 aromatic heterocycles. The Morgan fingerprint density at radius 3 is 2.66 bits per heavy atom. The van der Waals surface area contributed by atoms with E-state index >= 15 is 0 Å². The number of aromatic nitrogens is 3. The molecule has 0 aliphatic heterocycles. The number of imidazole rings is 1. The number of halogens is 3. The number of hydrogen-bond acceptors (Lipinski definition) is 5. The molecule has 0 aliphatic rings. The third-order valence-corrected chi connectivity index (χ3v) is 4.31. The van der Waals surface area contributed by atoms with Crippen LogP contribution in [0.3, 0.4) is 0 Å². The van der Waals surface area contributed by atoms with E-state index in [2.05, 4.69) is 9.97 Å². The first-order valence-corrected chi connectivity index (χ1v) is 8.71. The Bertz CT molecular complexity index is 931. The predicted octanol–water partition coefficient (Wildman–Crippen LogP) is 3.39. The van der Waals surface area contributed by atoms with Crippen molar-refractivity contribution in [3.63, 3.8) is 0 Å². The standard InChI is InChI=1S/C20H18F3N3O3/c21-20(22,23)16-5-1-3-14(9-16)12-29-19(28)17(11-26-8-7-25-13-26)18(27)15-4-2-6-24-10-15/h1-10,13,17-18,27H,11-12H2. The zero-order chi connectivity index (χ0) is 20.9. The van der Waals surface area contributed by atoms with E-state index in [1.165, 1.54) is 37.1 Å². The SMILES string of the molecule is O=C(OCc1cccc(C(F)(F)F)c1)C(Cn1ccnc1)C(O)c1cccnc1. The Balaban J connectivity index is 1.74. The van der Waals surface area contributed by atoms with E-state index in [9.17, 15) is 23.1 Å². The number of hydrogen-bond donors (Lipinski definition) is 1. The third-order valence-electron chi connectivity index (χ3n) is 4.31. The van der Waals surface area contributed by atoms with Gasteiger partial charge in [0.2, 0.25) is 0 Å². The van der Waals surface area contributed by atoms with Crippen molar-refractivity contribution in [3.8, 4) is 0 Å². The largest absolute Gasteiger partial charge is 0.460 e. The van der Waals surface area contributed by atoms with Crippen LogP contribution in [-0.4, -0.2) is 25.6 Å². The molecule has 0 spiro atoms. The van der Waals surface area contributed by atoms with Gasteiger partial charge in [-0.05, 0) is 29.3 Å². The Morgan fingerprint density at radius 1 is 1.17 bits per heavy atom. The molecule has 3 aromatic rings. The van der Waals surface area contributed by atoms with Crippen molar-refractivity contribution in [2.24, 2.45) is 5.92 Å². The van der Waals surface area contributed by atoms with Crippen LogP contribution in [0.5, 0.6) is 0 Å². The fourth-order valence-electron chi connectivity index (χ4n) is 2.81. The van der Waals surface area contributed by atoms with Crippen LogP contribution in [0.2, 0.25) is 0 Å². The smallest absolute Gasteiger partial charge is 0.416 e. The Labute approximate surface area is 164 Å². The van der Waals surface area contributed by atoms with Crippen LogP contribution in [0, 0.1) is 5.92 Å². The predicted molar refractivity (Wildman–Crippen MR) is 96.2 cm³/mol. The Kier molecular flexibility index (Phi) is 6.28. The molecule has 0 amide bonds. The van der Waals surface area contributed by atoms with E-state index in [0.29, 0.717) is 5.56 Å². The number of aliphatic hydroxyl groups is 1. The first-order valence-electron chi connectivity index (χ1n) is 8.71. The fourth-order valence-corrected chi connectivity index (χ4v) is 2.81. The summed E-state index contributed by atoms with van der Waals surface area (Å²) in [5.41, 5.74) is -0.199. The molecule has 2 heterocycles. The quantitative estimate of drug-likeness (QED) is 0.610. The van der Waals surface area contributed by atoms with Crippen molar-refractivity contribution in [3.05, 3.63) is 84.2 Å². The van der Waals surface area contributed by atoms with Crippen molar-refractivity contribution in [1.29, 1.82) is 0 Å². The fraction of sp³-hybridized carbons (Fsp3) is 0.250. The maximum atomic E-state index is 12.8. The molecule has 3 rings (SSSR count). The van der Waals surface area contributed by atoms with Crippen LogP contribution in [0.25, 0.3) is 0 Å². The molecule has 9 heteroatoms. The summed E-state index contributed by atoms with van der Waals surface area (Å²) in [6.45, 7) is -0.263. The summed E-state index contributed by atoms with van der Waals surface area (Å²) in [7, 11) is 0. The summed E-state index contributed by atoms with van der Waals surface area (Å²) >= 11 is 0. The van der Waals surface area contributed by atoms with E-state index in [1.807, 2.05) is 0 Å². The molecule has 152 valence electrons. The molecule has 0 saturated heterocycles. The van der Waals surface area contributed by atoms with Crippen molar-refractivity contribution < 1.29 is 27.8 Å². The summed E-state index contributed by atoms with van der Waals surface area (Å²) in [6, 6.07) is 7.80. The Morgan fingerprint density at radius 2 is 2.00 bits per heavy atom.